The highest BCUT2D eigenvalue weighted by molar-refractivity contribution is 5.67. The number of carbonyl (C=O) groups is 3. The molecule has 4 heterocycles. The zero-order valence-corrected chi connectivity index (χ0v) is 68.5. The van der Waals surface area contributed by atoms with Gasteiger partial charge in [-0.25, -0.2) is 0 Å². The molecule has 4 aliphatic heterocycles. The van der Waals surface area contributed by atoms with Gasteiger partial charge in [0.2, 0.25) is 0 Å². The summed E-state index contributed by atoms with van der Waals surface area (Å²) in [5, 5.41) is 18.2. The lowest BCUT2D eigenvalue weighted by molar-refractivity contribution is -0.400. The maximum absolute atomic E-state index is 13.9. The van der Waals surface area contributed by atoms with E-state index in [1.54, 1.807) is 0 Å². The molecule has 0 aliphatic carbocycles. The molecule has 9 aromatic carbocycles. The maximum Gasteiger partial charge on any atom is 0.303 e. The summed E-state index contributed by atoms with van der Waals surface area (Å²) in [4.78, 5) is 42.7. The van der Waals surface area contributed by atoms with Crippen LogP contribution >= 0.6 is 0 Å². The number of rotatable bonds is 43. The molecule has 1 N–H and O–H groups in total. The molecule has 0 aromatic heterocycles. The molecule has 0 radical (unpaired) electrons. The van der Waals surface area contributed by atoms with Crippen molar-refractivity contribution in [1.82, 2.24) is 0 Å². The Balaban J connectivity index is 0.935. The van der Waals surface area contributed by atoms with Gasteiger partial charge in [0.05, 0.1) is 72.7 Å². The first-order valence-corrected chi connectivity index (χ1v) is 40.9. The van der Waals surface area contributed by atoms with Crippen LogP contribution in [-0.4, -0.2) is 185 Å². The van der Waals surface area contributed by atoms with E-state index in [9.17, 15) is 25.0 Å². The van der Waals surface area contributed by atoms with Gasteiger partial charge in [-0.2, -0.15) is 0 Å². The van der Waals surface area contributed by atoms with Crippen LogP contribution in [0.2, 0.25) is 0 Å². The standard InChI is InChI=1S/C95H105N3O24/c1-63(99)106-61-77-81(108-52-68-36-18-7-19-37-68)85(110-54-70-40-22-9-23-41-70)79(97-98-96)92(116-77)122-87-80(102)86(83(119-93(87)103-4)78(115-65(3)101)62-107-64(2)100)121-95-91(114-58-74-48-30-13-31-49-74)89(112-56-72-44-26-11-27-45-72)84(76(118-95)60-105-51-67-34-16-6-17-35-67)120-94-90(113-57-73-46-28-12-29-47-73)88(111-55-71-42-24-10-25-43-71)82(109-53-69-38-20-8-21-39-69)75(117-94)59-104-50-66-32-14-5-15-33-66/h5-49,75-95,102H,50-62H2,1-4H3/t75-,76-,77-,78+,79-,80+,81-,82+,83-,84-,85-,86+,87+,88+,89+,90-,91-,92-,93-,94+,95-/m1/s1. The first-order chi connectivity index (χ1) is 59.8. The van der Waals surface area contributed by atoms with Crippen LogP contribution in [-0.2, 0) is 169 Å². The number of methoxy groups -OCH3 is 1. The summed E-state index contributed by atoms with van der Waals surface area (Å²) >= 11 is 0. The van der Waals surface area contributed by atoms with E-state index in [4.69, 9.17) is 94.7 Å². The zero-order valence-electron chi connectivity index (χ0n) is 68.5. The average Bonchev–Trinajstić information content (AvgIpc) is 0.735. The number of aliphatic hydroxyl groups excluding tert-OH is 1. The third kappa shape index (κ3) is 26.0. The van der Waals surface area contributed by atoms with E-state index in [1.165, 1.54) is 21.0 Å². The van der Waals surface area contributed by atoms with Crippen LogP contribution < -0.4 is 0 Å². The number of hydrogen-bond donors (Lipinski definition) is 1. The Kier molecular flexibility index (Phi) is 34.6. The van der Waals surface area contributed by atoms with Crippen LogP contribution in [0.1, 0.15) is 70.8 Å². The highest BCUT2D eigenvalue weighted by Gasteiger charge is 2.60. The van der Waals surface area contributed by atoms with Crippen molar-refractivity contribution < 1.29 is 114 Å². The highest BCUT2D eigenvalue weighted by atomic mass is 16.8. The Morgan fingerprint density at radius 3 is 1.01 bits per heavy atom. The molecule has 0 saturated carbocycles. The van der Waals surface area contributed by atoms with Gasteiger partial charge in [-0.05, 0) is 55.6 Å². The van der Waals surface area contributed by atoms with Crippen LogP contribution in [0, 0.1) is 0 Å². The SMILES string of the molecule is CO[C@@H]1O[C@H]([C@H](COC(C)=O)OC(C)=O)[C@@H](O[C@H]2O[C@H](COCc3ccccc3)[C@@H](O[C@@H]3O[C@H](COCc4ccccc4)[C@H](OCc4ccccc4)[C@H](OCc4ccccc4)[C@H]3OCc3ccccc3)[C@H](OCc3ccccc3)[C@H]2OCc2ccccc2)[C@H](O)[C@@H]1O[C@H]1O[C@H](COC(C)=O)[C@@H](OCc2ccccc2)[C@H](OCc2ccccc2)[C@H]1N=[N+]=[N-]. The fourth-order valence-corrected chi connectivity index (χ4v) is 15.1. The van der Waals surface area contributed by atoms with Crippen molar-refractivity contribution in [3.8, 4) is 0 Å². The molecular weight excluding hydrogens is 1570 g/mol. The van der Waals surface area contributed by atoms with E-state index >= 15 is 0 Å². The summed E-state index contributed by atoms with van der Waals surface area (Å²) < 4.78 is 138. The minimum atomic E-state index is -2.01. The van der Waals surface area contributed by atoms with Gasteiger partial charge in [-0.3, -0.25) is 14.4 Å². The molecule has 4 aliphatic rings. The molecule has 27 heteroatoms. The normalized spacial score (nSPS) is 26.7. The average molecular weight is 1670 g/mol. The van der Waals surface area contributed by atoms with E-state index in [-0.39, 0.29) is 72.7 Å². The summed E-state index contributed by atoms with van der Waals surface area (Å²) in [6.45, 7) is 2.55. The van der Waals surface area contributed by atoms with Crippen LogP contribution in [0.15, 0.2) is 278 Å². The molecular formula is C95H105N3O24. The number of esters is 3. The molecule has 9 aromatic rings. The van der Waals surface area contributed by atoms with Crippen LogP contribution in [0.3, 0.4) is 0 Å². The summed E-state index contributed by atoms with van der Waals surface area (Å²) in [6, 6.07) is 84.5. The van der Waals surface area contributed by atoms with Gasteiger partial charge in [0.15, 0.2) is 31.3 Å². The van der Waals surface area contributed by atoms with E-state index in [0.717, 1.165) is 51.4 Å². The lowest BCUT2D eigenvalue weighted by Crippen LogP contribution is -2.69. The first kappa shape index (κ1) is 89.7. The Bertz CT molecular complexity index is 4590. The number of azide groups is 1. The third-order valence-electron chi connectivity index (χ3n) is 21.0. The van der Waals surface area contributed by atoms with E-state index in [2.05, 4.69) is 10.0 Å². The lowest BCUT2D eigenvalue weighted by atomic mass is 9.93. The fourth-order valence-electron chi connectivity index (χ4n) is 15.1. The molecule has 0 amide bonds. The second-order valence-electron chi connectivity index (χ2n) is 29.9. The number of ether oxygens (including phenoxy) is 20. The van der Waals surface area contributed by atoms with Gasteiger partial charge in [0.25, 0.3) is 0 Å². The van der Waals surface area contributed by atoms with Crippen molar-refractivity contribution in [2.45, 2.75) is 209 Å². The molecule has 0 unspecified atom stereocenters. The molecule has 0 spiro atoms. The van der Waals surface area contributed by atoms with E-state index < -0.39 is 160 Å². The largest absolute Gasteiger partial charge is 0.463 e. The third-order valence-corrected chi connectivity index (χ3v) is 21.0. The van der Waals surface area contributed by atoms with E-state index in [0.29, 0.717) is 5.56 Å². The molecule has 27 nitrogen and oxygen atoms in total. The predicted molar refractivity (Wildman–Crippen MR) is 441 cm³/mol. The summed E-state index contributed by atoms with van der Waals surface area (Å²) in [5.41, 5.74) is 17.9. The van der Waals surface area contributed by atoms with Crippen molar-refractivity contribution >= 4 is 17.9 Å². The van der Waals surface area contributed by atoms with Gasteiger partial charge in [0.1, 0.15) is 111 Å². The summed E-state index contributed by atoms with van der Waals surface area (Å²) in [5.74, 6) is -2.25. The van der Waals surface area contributed by atoms with Crippen LogP contribution in [0.5, 0.6) is 0 Å². The zero-order chi connectivity index (χ0) is 84.6. The van der Waals surface area contributed by atoms with Gasteiger partial charge < -0.3 is 99.8 Å². The number of carbonyl (C=O) groups excluding carboxylic acids is 3. The summed E-state index contributed by atoms with van der Waals surface area (Å²) in [7, 11) is 1.28. The molecule has 0 bridgehead atoms. The highest BCUT2D eigenvalue weighted by Crippen LogP contribution is 2.42. The van der Waals surface area contributed by atoms with Gasteiger partial charge in [-0.15, -0.1) is 0 Å². The fraction of sp³-hybridized carbons (Fsp3) is 0.400. The monoisotopic (exact) mass is 1670 g/mol. The summed E-state index contributed by atoms with van der Waals surface area (Å²) in [6.07, 6.45) is -28.3. The maximum atomic E-state index is 13.9. The van der Waals surface area contributed by atoms with Crippen molar-refractivity contribution in [2.75, 3.05) is 33.5 Å². The quantitative estimate of drug-likeness (QED) is 0.0122. The Labute approximate surface area is 710 Å². The van der Waals surface area contributed by atoms with Gasteiger partial charge in [-0.1, -0.05) is 278 Å². The van der Waals surface area contributed by atoms with Gasteiger partial charge in [0, 0.05) is 32.8 Å². The Morgan fingerprint density at radius 1 is 0.344 bits per heavy atom. The van der Waals surface area contributed by atoms with Gasteiger partial charge >= 0.3 is 17.9 Å². The minimum Gasteiger partial charge on any atom is -0.463 e. The smallest absolute Gasteiger partial charge is 0.303 e. The molecule has 21 atom stereocenters. The molecule has 4 saturated heterocycles. The number of hydrogen-bond acceptors (Lipinski definition) is 25. The Morgan fingerprint density at radius 2 is 0.648 bits per heavy atom. The topological polar surface area (TPSA) is 305 Å². The van der Waals surface area contributed by atoms with Crippen molar-refractivity contribution in [1.29, 1.82) is 0 Å². The Hall–Kier alpha value is -10.0. The number of aliphatic hydroxyl groups is 1. The molecule has 644 valence electrons. The number of nitrogens with zero attached hydrogens (tertiary/aromatic N) is 3. The molecule has 122 heavy (non-hydrogen) atoms. The molecule has 4 fully saturated rings. The predicted octanol–water partition coefficient (Wildman–Crippen LogP) is 13.3. The van der Waals surface area contributed by atoms with Crippen molar-refractivity contribution in [3.63, 3.8) is 0 Å². The van der Waals surface area contributed by atoms with Crippen molar-refractivity contribution in [3.05, 3.63) is 334 Å². The van der Waals surface area contributed by atoms with E-state index in [1.807, 2.05) is 273 Å². The second kappa shape index (κ2) is 47.0. The lowest BCUT2D eigenvalue weighted by Gasteiger charge is -2.52. The molecule has 13 rings (SSSR count). The van der Waals surface area contributed by atoms with Crippen LogP contribution in [0.4, 0.5) is 0 Å². The minimum absolute atomic E-state index is 0.00715. The number of benzene rings is 9. The second-order valence-corrected chi connectivity index (χ2v) is 29.9. The first-order valence-electron chi connectivity index (χ1n) is 40.9. The van der Waals surface area contributed by atoms with Crippen LogP contribution in [0.25, 0.3) is 10.4 Å². The van der Waals surface area contributed by atoms with Crippen molar-refractivity contribution in [2.24, 2.45) is 5.11 Å².